The summed E-state index contributed by atoms with van der Waals surface area (Å²) in [6.45, 7) is 13.1. The summed E-state index contributed by atoms with van der Waals surface area (Å²) in [7, 11) is -0.794. The lowest BCUT2D eigenvalue weighted by molar-refractivity contribution is -0.163. The van der Waals surface area contributed by atoms with Crippen LogP contribution in [0.15, 0.2) is 53.4 Å². The van der Waals surface area contributed by atoms with Gasteiger partial charge in [-0.3, -0.25) is 9.02 Å². The van der Waals surface area contributed by atoms with Crippen LogP contribution in [0.2, 0.25) is 18.1 Å². The predicted octanol–water partition coefficient (Wildman–Crippen LogP) is 5.79. The van der Waals surface area contributed by atoms with Gasteiger partial charge >= 0.3 is 0 Å². The Hall–Kier alpha value is -2.21. The summed E-state index contributed by atoms with van der Waals surface area (Å²) in [6.07, 6.45) is 5.03. The third kappa shape index (κ3) is 5.24. The average molecular weight is 616 g/mol. The van der Waals surface area contributed by atoms with Crippen molar-refractivity contribution in [3.05, 3.63) is 65.2 Å². The molecule has 0 radical (unpaired) electrons. The van der Waals surface area contributed by atoms with Crippen molar-refractivity contribution in [2.45, 2.75) is 87.2 Å². The first-order valence-corrected chi connectivity index (χ1v) is 18.9. The Bertz CT molecular complexity index is 1450. The quantitative estimate of drug-likeness (QED) is 0.199. The highest BCUT2D eigenvalue weighted by molar-refractivity contribution is 7.86. The zero-order valence-electron chi connectivity index (χ0n) is 26.3. The van der Waals surface area contributed by atoms with Crippen LogP contribution >= 0.6 is 0 Å². The van der Waals surface area contributed by atoms with Gasteiger partial charge in [-0.05, 0) is 61.7 Å². The van der Waals surface area contributed by atoms with Crippen molar-refractivity contribution in [2.75, 3.05) is 27.9 Å². The summed E-state index contributed by atoms with van der Waals surface area (Å²) in [5.41, 5.74) is 2.48. The topological polar surface area (TPSA) is 83.5 Å². The van der Waals surface area contributed by atoms with Gasteiger partial charge in [0.2, 0.25) is 0 Å². The minimum absolute atomic E-state index is 0.00618. The second-order valence-corrected chi connectivity index (χ2v) is 19.7. The van der Waals surface area contributed by atoms with Gasteiger partial charge in [-0.15, -0.1) is 0 Å². The minimum atomic E-state index is -3.94. The summed E-state index contributed by atoms with van der Waals surface area (Å²) >= 11 is 0. The lowest BCUT2D eigenvalue weighted by Gasteiger charge is -2.51. The van der Waals surface area contributed by atoms with Crippen LogP contribution < -0.4 is 9.47 Å². The molecule has 5 rings (SSSR count). The number of likely N-dealkylation sites (N-methyl/N-ethyl adjacent to an activating group) is 1. The summed E-state index contributed by atoms with van der Waals surface area (Å²) in [5.74, 6) is 1.28. The molecule has 0 bridgehead atoms. The predicted molar refractivity (Wildman–Crippen MR) is 165 cm³/mol. The van der Waals surface area contributed by atoms with E-state index in [1.165, 1.54) is 0 Å². The van der Waals surface area contributed by atoms with Crippen molar-refractivity contribution in [2.24, 2.45) is 5.92 Å². The molecule has 1 aliphatic heterocycles. The van der Waals surface area contributed by atoms with Gasteiger partial charge < -0.3 is 13.9 Å². The van der Waals surface area contributed by atoms with Gasteiger partial charge in [0.15, 0.2) is 19.8 Å². The monoisotopic (exact) mass is 615 g/mol. The summed E-state index contributed by atoms with van der Waals surface area (Å²) < 4.78 is 50.7. The fraction of sp³-hybridized carbons (Fsp3) is 0.562. The van der Waals surface area contributed by atoms with E-state index in [0.717, 1.165) is 23.1 Å². The molecule has 1 saturated heterocycles. The molecular formula is C32H45NO7SSi. The SMILES string of the molecule is COc1ccc2c(c1OC)[C@@]1(CCOS(=O)(=O)c3ccc(C)cc3)C=C[C@@H](O[Si](C)(C)C(C)(C)C)[C@H]3ON(C)[C@H](C2)[C@H]31. The number of nitrogens with zero attached hydrogens (tertiary/aromatic N) is 1. The van der Waals surface area contributed by atoms with Gasteiger partial charge in [-0.2, -0.15) is 13.5 Å². The van der Waals surface area contributed by atoms with E-state index in [-0.39, 0.29) is 40.7 Å². The molecule has 1 heterocycles. The summed E-state index contributed by atoms with van der Waals surface area (Å²) in [5, 5.41) is 2.01. The van der Waals surface area contributed by atoms with Crippen molar-refractivity contribution in [1.82, 2.24) is 5.06 Å². The second-order valence-electron chi connectivity index (χ2n) is 13.3. The standard InChI is InChI=1S/C32H45NO7SSi/c1-21-10-13-23(14-11-21)41(34,35)38-19-18-32-17-16-26(40-42(8,9)31(2,3)4)30-28(32)24(33(5)39-30)20-22-12-15-25(36-6)29(37-7)27(22)32/h10-17,24,26,28,30H,18-20H2,1-9H3/t24-,26-,28-,30-,32+/m1/s1. The fourth-order valence-corrected chi connectivity index (χ4v) is 8.79. The van der Waals surface area contributed by atoms with E-state index in [0.29, 0.717) is 17.9 Å². The molecule has 3 aliphatic rings. The number of hydrogen-bond donors (Lipinski definition) is 0. The second kappa shape index (κ2) is 11.1. The third-order valence-electron chi connectivity index (χ3n) is 9.85. The molecule has 2 aromatic rings. The number of benzene rings is 2. The Balaban J connectivity index is 1.59. The maximum atomic E-state index is 13.2. The van der Waals surface area contributed by atoms with Gasteiger partial charge in [0.1, 0.15) is 6.10 Å². The van der Waals surface area contributed by atoms with Gasteiger partial charge in [-0.25, -0.2) is 0 Å². The number of aryl methyl sites for hydroxylation is 1. The minimum Gasteiger partial charge on any atom is -0.493 e. The fourth-order valence-electron chi connectivity index (χ4n) is 6.64. The summed E-state index contributed by atoms with van der Waals surface area (Å²) in [4.78, 5) is 6.76. The number of fused-ring (bicyclic) bond motifs is 2. The Morgan fingerprint density at radius 3 is 2.38 bits per heavy atom. The molecule has 10 heteroatoms. The zero-order valence-corrected chi connectivity index (χ0v) is 28.1. The van der Waals surface area contributed by atoms with Crippen LogP contribution in [0.3, 0.4) is 0 Å². The van der Waals surface area contributed by atoms with Crippen LogP contribution in [0.25, 0.3) is 0 Å². The van der Waals surface area contributed by atoms with Crippen LogP contribution in [-0.4, -0.2) is 67.9 Å². The normalized spacial score (nSPS) is 27.5. The van der Waals surface area contributed by atoms with E-state index < -0.39 is 23.9 Å². The molecule has 0 amide bonds. The van der Waals surface area contributed by atoms with Crippen LogP contribution in [0.4, 0.5) is 0 Å². The van der Waals surface area contributed by atoms with E-state index in [1.807, 2.05) is 25.1 Å². The molecule has 1 fully saturated rings. The first kappa shape index (κ1) is 31.2. The number of ether oxygens (including phenoxy) is 2. The van der Waals surface area contributed by atoms with Crippen molar-refractivity contribution >= 4 is 18.4 Å². The van der Waals surface area contributed by atoms with Crippen LogP contribution in [0, 0.1) is 12.8 Å². The number of allylic oxidation sites excluding steroid dienone is 1. The Kier molecular flexibility index (Phi) is 8.22. The first-order valence-electron chi connectivity index (χ1n) is 14.6. The maximum absolute atomic E-state index is 13.2. The van der Waals surface area contributed by atoms with E-state index in [4.69, 9.17) is 22.9 Å². The highest BCUT2D eigenvalue weighted by Gasteiger charge is 2.61. The molecule has 0 unspecified atom stereocenters. The highest BCUT2D eigenvalue weighted by Crippen LogP contribution is 2.58. The number of rotatable bonds is 9. The molecule has 8 nitrogen and oxygen atoms in total. The lowest BCUT2D eigenvalue weighted by atomic mass is 9.55. The molecule has 230 valence electrons. The van der Waals surface area contributed by atoms with Crippen LogP contribution in [0.1, 0.15) is 43.9 Å². The van der Waals surface area contributed by atoms with Gasteiger partial charge in [0.05, 0.1) is 31.8 Å². The summed E-state index contributed by atoms with van der Waals surface area (Å²) in [6, 6.07) is 10.8. The lowest BCUT2D eigenvalue weighted by Crippen LogP contribution is -2.57. The van der Waals surface area contributed by atoms with Gasteiger partial charge in [0.25, 0.3) is 10.1 Å². The number of methoxy groups -OCH3 is 2. The van der Waals surface area contributed by atoms with Crippen LogP contribution in [0.5, 0.6) is 11.5 Å². The number of hydrogen-bond acceptors (Lipinski definition) is 8. The average Bonchev–Trinajstić information content (AvgIpc) is 3.26. The molecule has 0 aromatic heterocycles. The van der Waals surface area contributed by atoms with Gasteiger partial charge in [0, 0.05) is 30.0 Å². The highest BCUT2D eigenvalue weighted by atomic mass is 32.2. The maximum Gasteiger partial charge on any atom is 0.296 e. The third-order valence-corrected chi connectivity index (χ3v) is 15.7. The van der Waals surface area contributed by atoms with Crippen molar-refractivity contribution in [3.63, 3.8) is 0 Å². The van der Waals surface area contributed by atoms with E-state index in [9.17, 15) is 8.42 Å². The molecular weight excluding hydrogens is 571 g/mol. The van der Waals surface area contributed by atoms with E-state index >= 15 is 0 Å². The Morgan fingerprint density at radius 2 is 1.76 bits per heavy atom. The molecule has 5 atom stereocenters. The number of hydroxylamine groups is 2. The Labute approximate surface area is 252 Å². The molecule has 42 heavy (non-hydrogen) atoms. The zero-order chi connectivity index (χ0) is 30.7. The first-order chi connectivity index (χ1) is 19.6. The van der Waals surface area contributed by atoms with Crippen LogP contribution in [-0.2, 0) is 35.4 Å². The molecule has 0 saturated carbocycles. The largest absolute Gasteiger partial charge is 0.493 e. The molecule has 0 spiro atoms. The van der Waals surface area contributed by atoms with E-state index in [2.05, 4.69) is 52.1 Å². The van der Waals surface area contributed by atoms with Gasteiger partial charge in [-0.1, -0.05) is 56.7 Å². The smallest absolute Gasteiger partial charge is 0.296 e. The molecule has 0 N–H and O–H groups in total. The van der Waals surface area contributed by atoms with Crippen molar-refractivity contribution in [1.29, 1.82) is 0 Å². The molecule has 2 aromatic carbocycles. The Morgan fingerprint density at radius 1 is 1.07 bits per heavy atom. The van der Waals surface area contributed by atoms with Crippen molar-refractivity contribution in [3.8, 4) is 11.5 Å². The molecule has 2 aliphatic carbocycles. The van der Waals surface area contributed by atoms with E-state index in [1.54, 1.807) is 38.5 Å². The van der Waals surface area contributed by atoms with Crippen molar-refractivity contribution < 1.29 is 31.3 Å².